The minimum Gasteiger partial charge on any atom is -0.366 e. The molecule has 1 aromatic heterocycles. The second kappa shape index (κ2) is 4.32. The maximum absolute atomic E-state index is 5.48. The zero-order valence-corrected chi connectivity index (χ0v) is 10.9. The minimum atomic E-state index is 0.277. The Morgan fingerprint density at radius 3 is 2.40 bits per heavy atom. The summed E-state index contributed by atoms with van der Waals surface area (Å²) in [6.45, 7) is 0.651. The first-order valence-corrected chi connectivity index (χ1v) is 5.84. The van der Waals surface area contributed by atoms with Gasteiger partial charge in [-0.1, -0.05) is 28.1 Å². The van der Waals surface area contributed by atoms with Crippen molar-refractivity contribution in [1.29, 1.82) is 0 Å². The highest BCUT2D eigenvalue weighted by Gasteiger charge is 2.04. The molecule has 0 saturated carbocycles. The summed E-state index contributed by atoms with van der Waals surface area (Å²) in [6.07, 6.45) is 0. The van der Waals surface area contributed by atoms with E-state index in [4.69, 9.17) is 5.73 Å². The lowest BCUT2D eigenvalue weighted by atomic mass is 10.2. The second-order valence-electron chi connectivity index (χ2n) is 3.02. The van der Waals surface area contributed by atoms with Gasteiger partial charge in [-0.05, 0) is 33.6 Å². The number of halogens is 2. The van der Waals surface area contributed by atoms with Gasteiger partial charge in [-0.2, -0.15) is 4.98 Å². The summed E-state index contributed by atoms with van der Waals surface area (Å²) in [5.41, 5.74) is 6.62. The molecule has 78 valence electrons. The average molecular weight is 332 g/mol. The molecule has 1 heterocycles. The number of hydrogen-bond donors (Lipinski definition) is 1. The van der Waals surface area contributed by atoms with Crippen molar-refractivity contribution < 1.29 is 0 Å². The molecule has 0 radical (unpaired) electrons. The molecule has 4 nitrogen and oxygen atoms in total. The lowest BCUT2D eigenvalue weighted by molar-refractivity contribution is 0.670. The Kier molecular flexibility index (Phi) is 3.06. The average Bonchev–Trinajstić information content (AvgIpc) is 2.49. The van der Waals surface area contributed by atoms with E-state index in [0.717, 1.165) is 10.0 Å². The van der Waals surface area contributed by atoms with Crippen molar-refractivity contribution >= 4 is 37.8 Å². The van der Waals surface area contributed by atoms with E-state index in [2.05, 4.69) is 41.9 Å². The first-order chi connectivity index (χ1) is 7.15. The zero-order chi connectivity index (χ0) is 10.8. The zero-order valence-electron chi connectivity index (χ0n) is 7.69. The number of rotatable bonds is 2. The van der Waals surface area contributed by atoms with Gasteiger partial charge < -0.3 is 5.73 Å². The standard InChI is InChI=1S/C9H8Br2N4/c10-7-3-1-6(2-4-7)5-15-8(11)13-9(12)14-15/h1-4H,5H2,(H2,12,14). The van der Waals surface area contributed by atoms with Crippen LogP contribution in [0, 0.1) is 0 Å². The maximum Gasteiger partial charge on any atom is 0.240 e. The number of nitrogens with two attached hydrogens (primary N) is 1. The van der Waals surface area contributed by atoms with Crippen molar-refractivity contribution in [2.75, 3.05) is 5.73 Å². The molecule has 0 saturated heterocycles. The van der Waals surface area contributed by atoms with Crippen LogP contribution in [0.4, 0.5) is 5.95 Å². The van der Waals surface area contributed by atoms with E-state index in [1.165, 1.54) is 0 Å². The number of benzene rings is 1. The van der Waals surface area contributed by atoms with Crippen molar-refractivity contribution in [3.8, 4) is 0 Å². The molecule has 0 aliphatic carbocycles. The highest BCUT2D eigenvalue weighted by molar-refractivity contribution is 9.10. The van der Waals surface area contributed by atoms with E-state index < -0.39 is 0 Å². The van der Waals surface area contributed by atoms with Gasteiger partial charge in [0.2, 0.25) is 5.95 Å². The third-order valence-corrected chi connectivity index (χ3v) is 3.00. The minimum absolute atomic E-state index is 0.277. The molecule has 6 heteroatoms. The monoisotopic (exact) mass is 330 g/mol. The van der Waals surface area contributed by atoms with Gasteiger partial charge in [0.05, 0.1) is 6.54 Å². The SMILES string of the molecule is Nc1nc(Br)n(Cc2ccc(Br)cc2)n1. The molecule has 15 heavy (non-hydrogen) atoms. The van der Waals surface area contributed by atoms with E-state index in [1.54, 1.807) is 4.68 Å². The predicted octanol–water partition coefficient (Wildman–Crippen LogP) is 2.43. The van der Waals surface area contributed by atoms with Gasteiger partial charge in [0.25, 0.3) is 0 Å². The Morgan fingerprint density at radius 2 is 1.87 bits per heavy atom. The lowest BCUT2D eigenvalue weighted by Crippen LogP contribution is -2.02. The van der Waals surface area contributed by atoms with Crippen LogP contribution in [0.5, 0.6) is 0 Å². The summed E-state index contributed by atoms with van der Waals surface area (Å²) in [5, 5.41) is 4.05. The molecule has 0 aliphatic rings. The van der Waals surface area contributed by atoms with Crippen LogP contribution < -0.4 is 5.73 Å². The summed E-state index contributed by atoms with van der Waals surface area (Å²) in [7, 11) is 0. The molecule has 2 rings (SSSR count). The van der Waals surface area contributed by atoms with Gasteiger partial charge in [0, 0.05) is 4.47 Å². The third kappa shape index (κ3) is 2.57. The highest BCUT2D eigenvalue weighted by atomic mass is 79.9. The molecule has 2 aromatic rings. The molecule has 0 aliphatic heterocycles. The van der Waals surface area contributed by atoms with Crippen LogP contribution in [0.15, 0.2) is 33.5 Å². The van der Waals surface area contributed by atoms with Crippen LogP contribution in [0.3, 0.4) is 0 Å². The Morgan fingerprint density at radius 1 is 1.20 bits per heavy atom. The van der Waals surface area contributed by atoms with Gasteiger partial charge in [-0.3, -0.25) is 0 Å². The van der Waals surface area contributed by atoms with Gasteiger partial charge in [-0.15, -0.1) is 5.10 Å². The fourth-order valence-corrected chi connectivity index (χ4v) is 1.85. The second-order valence-corrected chi connectivity index (χ2v) is 4.65. The smallest absolute Gasteiger partial charge is 0.240 e. The van der Waals surface area contributed by atoms with Crippen LogP contribution in [0.25, 0.3) is 0 Å². The van der Waals surface area contributed by atoms with Crippen LogP contribution >= 0.6 is 31.9 Å². The maximum atomic E-state index is 5.48. The Labute approximate surface area is 104 Å². The van der Waals surface area contributed by atoms with Crippen LogP contribution in [-0.2, 0) is 6.54 Å². The number of hydrogen-bond acceptors (Lipinski definition) is 3. The fourth-order valence-electron chi connectivity index (χ4n) is 1.20. The summed E-state index contributed by atoms with van der Waals surface area (Å²) in [6, 6.07) is 8.02. The van der Waals surface area contributed by atoms with Crippen molar-refractivity contribution in [2.45, 2.75) is 6.54 Å². The summed E-state index contributed by atoms with van der Waals surface area (Å²) >= 11 is 6.67. The Balaban J connectivity index is 2.21. The van der Waals surface area contributed by atoms with Gasteiger partial charge >= 0.3 is 0 Å². The van der Waals surface area contributed by atoms with E-state index in [-0.39, 0.29) is 5.95 Å². The van der Waals surface area contributed by atoms with Crippen molar-refractivity contribution in [1.82, 2.24) is 14.8 Å². The molecular formula is C9H8Br2N4. The normalized spacial score (nSPS) is 10.5. The van der Waals surface area contributed by atoms with E-state index in [1.807, 2.05) is 24.3 Å². The summed E-state index contributed by atoms with van der Waals surface area (Å²) in [4.78, 5) is 3.96. The van der Waals surface area contributed by atoms with Crippen LogP contribution in [0.1, 0.15) is 5.56 Å². The number of nitrogens with zero attached hydrogens (tertiary/aromatic N) is 3. The molecule has 0 spiro atoms. The molecule has 0 fully saturated rings. The number of aromatic nitrogens is 3. The fraction of sp³-hybridized carbons (Fsp3) is 0.111. The Bertz CT molecular complexity index is 463. The van der Waals surface area contributed by atoms with Crippen LogP contribution in [0.2, 0.25) is 0 Å². The molecule has 2 N–H and O–H groups in total. The quantitative estimate of drug-likeness (QED) is 0.919. The predicted molar refractivity (Wildman–Crippen MR) is 65.4 cm³/mol. The molecular weight excluding hydrogens is 324 g/mol. The topological polar surface area (TPSA) is 56.7 Å². The third-order valence-electron chi connectivity index (χ3n) is 1.89. The van der Waals surface area contributed by atoms with Gasteiger partial charge in [-0.25, -0.2) is 4.68 Å². The largest absolute Gasteiger partial charge is 0.366 e. The van der Waals surface area contributed by atoms with Gasteiger partial charge in [0.15, 0.2) is 4.73 Å². The van der Waals surface area contributed by atoms with Crippen molar-refractivity contribution in [2.24, 2.45) is 0 Å². The summed E-state index contributed by atoms with van der Waals surface area (Å²) in [5.74, 6) is 0.277. The van der Waals surface area contributed by atoms with Crippen molar-refractivity contribution in [3.05, 3.63) is 39.0 Å². The number of anilines is 1. The first kappa shape index (κ1) is 10.6. The molecule has 1 aromatic carbocycles. The summed E-state index contributed by atoms with van der Waals surface area (Å²) < 4.78 is 3.41. The van der Waals surface area contributed by atoms with Gasteiger partial charge in [0.1, 0.15) is 0 Å². The molecule has 0 atom stereocenters. The molecule has 0 amide bonds. The number of nitrogen functional groups attached to an aromatic ring is 1. The lowest BCUT2D eigenvalue weighted by Gasteiger charge is -2.02. The van der Waals surface area contributed by atoms with Crippen LogP contribution in [-0.4, -0.2) is 14.8 Å². The Hall–Kier alpha value is -0.880. The first-order valence-electron chi connectivity index (χ1n) is 4.25. The highest BCUT2D eigenvalue weighted by Crippen LogP contribution is 2.14. The van der Waals surface area contributed by atoms with E-state index in [0.29, 0.717) is 11.3 Å². The molecule has 0 unspecified atom stereocenters. The molecule has 0 bridgehead atoms. The van der Waals surface area contributed by atoms with E-state index >= 15 is 0 Å². The van der Waals surface area contributed by atoms with E-state index in [9.17, 15) is 0 Å². The van der Waals surface area contributed by atoms with Crippen molar-refractivity contribution in [3.63, 3.8) is 0 Å².